The Morgan fingerprint density at radius 3 is 2.90 bits per heavy atom. The number of aliphatic hydroxyl groups excluding tert-OH is 1. The molecule has 3 N–H and O–H groups in total. The molecular weight excluding hydrogens is 136 g/mol. The van der Waals surface area contributed by atoms with E-state index in [-0.39, 0.29) is 5.91 Å². The molecule has 1 heterocycles. The number of carbonyl (C=O) groups is 1. The molecule has 58 valence electrons. The third-order valence-corrected chi connectivity index (χ3v) is 1.48. The summed E-state index contributed by atoms with van der Waals surface area (Å²) >= 11 is 0. The van der Waals surface area contributed by atoms with Crippen LogP contribution >= 0.6 is 0 Å². The van der Waals surface area contributed by atoms with Crippen LogP contribution in [0.1, 0.15) is 19.3 Å². The summed E-state index contributed by atoms with van der Waals surface area (Å²) in [6.45, 7) is 0. The zero-order valence-electron chi connectivity index (χ0n) is 5.49. The summed E-state index contributed by atoms with van der Waals surface area (Å²) in [5, 5.41) is 9.83. The van der Waals surface area contributed by atoms with E-state index in [9.17, 15) is 4.79 Å². The summed E-state index contributed by atoms with van der Waals surface area (Å²) in [4.78, 5) is 14.9. The number of hydroxylamine groups is 2. The summed E-state index contributed by atoms with van der Waals surface area (Å²) in [6, 6.07) is 0. The van der Waals surface area contributed by atoms with Gasteiger partial charge < -0.3 is 5.11 Å². The van der Waals surface area contributed by atoms with Crippen molar-refractivity contribution >= 4 is 5.91 Å². The van der Waals surface area contributed by atoms with Gasteiger partial charge >= 0.3 is 0 Å². The fraction of sp³-hybridized carbons (Fsp3) is 0.800. The van der Waals surface area contributed by atoms with E-state index in [1.165, 1.54) is 0 Å². The average molecular weight is 146 g/mol. The molecule has 1 rings (SSSR count). The minimum absolute atomic E-state index is 0.263. The molecule has 10 heavy (non-hydrogen) atoms. The monoisotopic (exact) mass is 146 g/mol. The van der Waals surface area contributed by atoms with Crippen molar-refractivity contribution in [2.45, 2.75) is 25.5 Å². The Morgan fingerprint density at radius 1 is 1.80 bits per heavy atom. The van der Waals surface area contributed by atoms with Crippen molar-refractivity contribution in [2.24, 2.45) is 5.90 Å². The van der Waals surface area contributed by atoms with E-state index in [1.54, 1.807) is 0 Å². The molecule has 1 saturated heterocycles. The molecule has 0 aromatic carbocycles. The second kappa shape index (κ2) is 2.96. The van der Waals surface area contributed by atoms with Crippen LogP contribution in [0, 0.1) is 0 Å². The molecule has 1 aliphatic rings. The Kier molecular flexibility index (Phi) is 2.21. The van der Waals surface area contributed by atoms with Crippen molar-refractivity contribution in [1.29, 1.82) is 0 Å². The summed E-state index contributed by atoms with van der Waals surface area (Å²) in [6.07, 6.45) is 0.753. The van der Waals surface area contributed by atoms with Gasteiger partial charge in [0.05, 0.1) is 0 Å². The lowest BCUT2D eigenvalue weighted by Crippen LogP contribution is -2.44. The number of piperidine rings is 1. The summed E-state index contributed by atoms with van der Waals surface area (Å²) in [5.41, 5.74) is 0. The molecular formula is C5H10N2O3. The maximum atomic E-state index is 10.8. The van der Waals surface area contributed by atoms with E-state index in [2.05, 4.69) is 4.94 Å². The first-order chi connectivity index (χ1) is 4.75. The average Bonchev–Trinajstić information content (AvgIpc) is 1.88. The lowest BCUT2D eigenvalue weighted by atomic mass is 10.1. The molecule has 1 unspecified atom stereocenters. The van der Waals surface area contributed by atoms with Crippen LogP contribution in [0.4, 0.5) is 0 Å². The topological polar surface area (TPSA) is 75.8 Å². The highest BCUT2D eigenvalue weighted by molar-refractivity contribution is 5.75. The van der Waals surface area contributed by atoms with Crippen LogP contribution in [0.25, 0.3) is 0 Å². The van der Waals surface area contributed by atoms with Crippen molar-refractivity contribution in [2.75, 3.05) is 0 Å². The first-order valence-electron chi connectivity index (χ1n) is 3.12. The molecule has 0 radical (unpaired) electrons. The van der Waals surface area contributed by atoms with Crippen molar-refractivity contribution in [3.8, 4) is 0 Å². The second-order valence-corrected chi connectivity index (χ2v) is 2.20. The molecule has 1 atom stereocenters. The van der Waals surface area contributed by atoms with Crippen LogP contribution in [-0.4, -0.2) is 22.3 Å². The van der Waals surface area contributed by atoms with Gasteiger partial charge in [0.25, 0.3) is 0 Å². The number of nitrogens with zero attached hydrogens (tertiary/aromatic N) is 1. The zero-order valence-corrected chi connectivity index (χ0v) is 5.49. The van der Waals surface area contributed by atoms with Gasteiger partial charge in [-0.1, -0.05) is 0 Å². The third kappa shape index (κ3) is 1.26. The Labute approximate surface area is 58.3 Å². The zero-order chi connectivity index (χ0) is 7.56. The molecule has 1 aliphatic heterocycles. The van der Waals surface area contributed by atoms with Gasteiger partial charge in [0.15, 0.2) is 6.23 Å². The first-order valence-corrected chi connectivity index (χ1v) is 3.12. The summed E-state index contributed by atoms with van der Waals surface area (Å²) < 4.78 is 0. The SMILES string of the molecule is NON1C(=O)CCCC1O. The molecule has 0 aliphatic carbocycles. The molecule has 0 spiro atoms. The van der Waals surface area contributed by atoms with Crippen molar-refractivity contribution in [3.05, 3.63) is 0 Å². The number of aliphatic hydroxyl groups is 1. The molecule has 0 aromatic rings. The summed E-state index contributed by atoms with van der Waals surface area (Å²) in [5.74, 6) is 4.47. The van der Waals surface area contributed by atoms with E-state index < -0.39 is 6.23 Å². The number of carbonyl (C=O) groups excluding carboxylic acids is 1. The first kappa shape index (κ1) is 7.46. The van der Waals surface area contributed by atoms with Gasteiger partial charge in [-0.15, -0.1) is 0 Å². The minimum atomic E-state index is -0.869. The summed E-state index contributed by atoms with van der Waals surface area (Å²) in [7, 11) is 0. The minimum Gasteiger partial charge on any atom is -0.371 e. The van der Waals surface area contributed by atoms with Crippen LogP contribution in [0.5, 0.6) is 0 Å². The Balaban J connectivity index is 2.53. The van der Waals surface area contributed by atoms with E-state index in [0.29, 0.717) is 19.3 Å². The maximum Gasteiger partial charge on any atom is 0.250 e. The number of hydrogen-bond acceptors (Lipinski definition) is 4. The normalized spacial score (nSPS) is 27.2. The van der Waals surface area contributed by atoms with E-state index in [0.717, 1.165) is 5.06 Å². The Bertz CT molecular complexity index is 139. The van der Waals surface area contributed by atoms with Crippen LogP contribution in [0.2, 0.25) is 0 Å². The molecule has 0 saturated carbocycles. The van der Waals surface area contributed by atoms with Crippen LogP contribution < -0.4 is 5.90 Å². The molecule has 5 heteroatoms. The van der Waals surface area contributed by atoms with Crippen molar-refractivity contribution < 1.29 is 14.8 Å². The van der Waals surface area contributed by atoms with E-state index >= 15 is 0 Å². The Morgan fingerprint density at radius 2 is 2.50 bits per heavy atom. The molecule has 1 amide bonds. The van der Waals surface area contributed by atoms with E-state index in [4.69, 9.17) is 11.0 Å². The van der Waals surface area contributed by atoms with Gasteiger partial charge in [-0.05, 0) is 12.8 Å². The highest BCUT2D eigenvalue weighted by Gasteiger charge is 2.26. The largest absolute Gasteiger partial charge is 0.371 e. The number of rotatable bonds is 1. The standard InChI is InChI=1S/C5H10N2O3/c6-10-7-4(8)2-1-3-5(7)9/h4,8H,1-3,6H2. The number of nitrogens with two attached hydrogens (primary N) is 1. The smallest absolute Gasteiger partial charge is 0.250 e. The van der Waals surface area contributed by atoms with Gasteiger partial charge in [-0.25, -0.2) is 0 Å². The van der Waals surface area contributed by atoms with Gasteiger partial charge in [-0.2, -0.15) is 15.9 Å². The fourth-order valence-corrected chi connectivity index (χ4v) is 0.959. The maximum absolute atomic E-state index is 10.8. The highest BCUT2D eigenvalue weighted by Crippen LogP contribution is 2.14. The number of amides is 1. The van der Waals surface area contributed by atoms with Gasteiger partial charge in [-0.3, -0.25) is 4.79 Å². The van der Waals surface area contributed by atoms with Crippen molar-refractivity contribution in [3.63, 3.8) is 0 Å². The molecule has 0 bridgehead atoms. The predicted octanol–water partition coefficient (Wildman–Crippen LogP) is -0.877. The lowest BCUT2D eigenvalue weighted by Gasteiger charge is -2.27. The van der Waals surface area contributed by atoms with Crippen LogP contribution in [-0.2, 0) is 9.73 Å². The third-order valence-electron chi connectivity index (χ3n) is 1.48. The van der Waals surface area contributed by atoms with Crippen LogP contribution in [0.15, 0.2) is 0 Å². The van der Waals surface area contributed by atoms with Gasteiger partial charge in [0, 0.05) is 6.42 Å². The fourth-order valence-electron chi connectivity index (χ4n) is 0.959. The van der Waals surface area contributed by atoms with E-state index in [1.807, 2.05) is 0 Å². The molecule has 0 aromatic heterocycles. The quantitative estimate of drug-likeness (QED) is 0.471. The van der Waals surface area contributed by atoms with Gasteiger partial charge in [0.2, 0.25) is 5.91 Å². The van der Waals surface area contributed by atoms with Gasteiger partial charge in [0.1, 0.15) is 0 Å². The van der Waals surface area contributed by atoms with Crippen LogP contribution in [0.3, 0.4) is 0 Å². The van der Waals surface area contributed by atoms with Crippen molar-refractivity contribution in [1.82, 2.24) is 5.06 Å². The predicted molar refractivity (Wildman–Crippen MR) is 32.0 cm³/mol. The second-order valence-electron chi connectivity index (χ2n) is 2.20. The molecule has 5 nitrogen and oxygen atoms in total. The number of hydrogen-bond donors (Lipinski definition) is 2. The lowest BCUT2D eigenvalue weighted by molar-refractivity contribution is -0.244. The highest BCUT2D eigenvalue weighted by atomic mass is 16.8. The molecule has 1 fully saturated rings. The Hall–Kier alpha value is -0.650.